The van der Waals surface area contributed by atoms with Crippen molar-refractivity contribution in [3.63, 3.8) is 0 Å². The second-order valence-corrected chi connectivity index (χ2v) is 5.35. The van der Waals surface area contributed by atoms with Crippen molar-refractivity contribution in [1.82, 2.24) is 5.32 Å². The summed E-state index contributed by atoms with van der Waals surface area (Å²) in [6, 6.07) is 19.3. The molecule has 0 saturated carbocycles. The predicted octanol–water partition coefficient (Wildman–Crippen LogP) is 4.50. The van der Waals surface area contributed by atoms with Crippen molar-refractivity contribution in [3.8, 4) is 5.75 Å². The molecule has 2 aromatic carbocycles. The highest BCUT2D eigenvalue weighted by molar-refractivity contribution is 5.85. The van der Waals surface area contributed by atoms with Crippen molar-refractivity contribution in [2.45, 2.75) is 31.9 Å². The van der Waals surface area contributed by atoms with Gasteiger partial charge in [0.15, 0.2) is 0 Å². The third-order valence-electron chi connectivity index (χ3n) is 3.84. The Morgan fingerprint density at radius 2 is 1.71 bits per heavy atom. The van der Waals surface area contributed by atoms with Crippen LogP contribution in [0.5, 0.6) is 5.75 Å². The summed E-state index contributed by atoms with van der Waals surface area (Å²) in [7, 11) is 0. The van der Waals surface area contributed by atoms with Gasteiger partial charge in [0.1, 0.15) is 12.4 Å². The molecule has 0 radical (unpaired) electrons. The van der Waals surface area contributed by atoms with Gasteiger partial charge in [-0.1, -0.05) is 48.9 Å². The molecule has 1 heterocycles. The van der Waals surface area contributed by atoms with E-state index in [1.54, 1.807) is 0 Å². The summed E-state index contributed by atoms with van der Waals surface area (Å²) in [5.74, 6) is 0.938. The zero-order chi connectivity index (χ0) is 13.6. The third-order valence-corrected chi connectivity index (χ3v) is 3.84. The third kappa shape index (κ3) is 4.48. The van der Waals surface area contributed by atoms with Gasteiger partial charge in [-0.2, -0.15) is 0 Å². The fourth-order valence-corrected chi connectivity index (χ4v) is 2.67. The van der Waals surface area contributed by atoms with E-state index in [4.69, 9.17) is 4.74 Å². The van der Waals surface area contributed by atoms with Crippen LogP contribution in [0.1, 0.15) is 36.4 Å². The van der Waals surface area contributed by atoms with Crippen LogP contribution >= 0.6 is 12.4 Å². The Morgan fingerprint density at radius 3 is 2.38 bits per heavy atom. The van der Waals surface area contributed by atoms with Gasteiger partial charge in [0, 0.05) is 6.04 Å². The van der Waals surface area contributed by atoms with Crippen molar-refractivity contribution in [1.29, 1.82) is 0 Å². The quantitative estimate of drug-likeness (QED) is 0.898. The molecule has 0 unspecified atom stereocenters. The van der Waals surface area contributed by atoms with Crippen LogP contribution in [-0.2, 0) is 6.61 Å². The van der Waals surface area contributed by atoms with Gasteiger partial charge >= 0.3 is 0 Å². The Labute approximate surface area is 132 Å². The van der Waals surface area contributed by atoms with E-state index in [2.05, 4.69) is 41.7 Å². The van der Waals surface area contributed by atoms with Gasteiger partial charge in [-0.15, -0.1) is 12.4 Å². The fourth-order valence-electron chi connectivity index (χ4n) is 2.67. The molecule has 1 aliphatic heterocycles. The zero-order valence-electron chi connectivity index (χ0n) is 12.1. The summed E-state index contributed by atoms with van der Waals surface area (Å²) in [6.45, 7) is 1.76. The molecule has 0 spiro atoms. The van der Waals surface area contributed by atoms with Crippen molar-refractivity contribution in [2.24, 2.45) is 0 Å². The van der Waals surface area contributed by atoms with Crippen LogP contribution in [0.15, 0.2) is 54.6 Å². The van der Waals surface area contributed by atoms with Crippen LogP contribution in [0.2, 0.25) is 0 Å². The number of nitrogens with one attached hydrogen (secondary N) is 1. The van der Waals surface area contributed by atoms with Crippen LogP contribution < -0.4 is 10.1 Å². The van der Waals surface area contributed by atoms with Crippen molar-refractivity contribution in [3.05, 3.63) is 65.7 Å². The van der Waals surface area contributed by atoms with E-state index in [-0.39, 0.29) is 12.4 Å². The highest BCUT2D eigenvalue weighted by Crippen LogP contribution is 2.24. The summed E-state index contributed by atoms with van der Waals surface area (Å²) in [6.07, 6.45) is 3.86. The van der Waals surface area contributed by atoms with Gasteiger partial charge in [0.25, 0.3) is 0 Å². The molecule has 1 atom stereocenters. The van der Waals surface area contributed by atoms with Crippen LogP contribution in [0.4, 0.5) is 0 Å². The van der Waals surface area contributed by atoms with Crippen LogP contribution in [0.3, 0.4) is 0 Å². The molecule has 2 nitrogen and oxygen atoms in total. The Balaban J connectivity index is 0.00000161. The molecule has 1 fully saturated rings. The number of halogens is 1. The maximum atomic E-state index is 5.81. The van der Waals surface area contributed by atoms with Crippen LogP contribution in [0.25, 0.3) is 0 Å². The monoisotopic (exact) mass is 303 g/mol. The summed E-state index contributed by atoms with van der Waals surface area (Å²) in [4.78, 5) is 0. The standard InChI is InChI=1S/C18H21NO.ClH/c1-2-6-15(7-3-1)14-20-17-11-9-16(10-12-17)18-8-4-5-13-19-18;/h1-3,6-7,9-12,18-19H,4-5,8,13-14H2;1H/t18-;/m0./s1. The lowest BCUT2D eigenvalue weighted by Gasteiger charge is -2.23. The number of hydrogen-bond donors (Lipinski definition) is 1. The average Bonchev–Trinajstić information content (AvgIpc) is 2.55. The molecule has 1 aliphatic rings. The Kier molecular flexibility index (Phi) is 6.09. The van der Waals surface area contributed by atoms with Crippen molar-refractivity contribution >= 4 is 12.4 Å². The van der Waals surface area contributed by atoms with Gasteiger partial charge in [-0.05, 0) is 42.6 Å². The first-order chi connectivity index (χ1) is 9.92. The number of ether oxygens (including phenoxy) is 1. The minimum atomic E-state index is 0. The highest BCUT2D eigenvalue weighted by atomic mass is 35.5. The number of rotatable bonds is 4. The normalized spacial score (nSPS) is 17.8. The molecule has 112 valence electrons. The molecule has 21 heavy (non-hydrogen) atoms. The first-order valence-electron chi connectivity index (χ1n) is 7.42. The molecule has 0 amide bonds. The van der Waals surface area contributed by atoms with Crippen LogP contribution in [-0.4, -0.2) is 6.54 Å². The first kappa shape index (κ1) is 15.9. The van der Waals surface area contributed by atoms with Crippen LogP contribution in [0, 0.1) is 0 Å². The Morgan fingerprint density at radius 1 is 0.952 bits per heavy atom. The number of benzene rings is 2. The van der Waals surface area contributed by atoms with E-state index in [1.165, 1.54) is 30.4 Å². The van der Waals surface area contributed by atoms with Gasteiger partial charge in [0.05, 0.1) is 0 Å². The summed E-state index contributed by atoms with van der Waals surface area (Å²) in [5, 5.41) is 3.57. The number of hydrogen-bond acceptors (Lipinski definition) is 2. The topological polar surface area (TPSA) is 21.3 Å². The SMILES string of the molecule is Cl.c1ccc(COc2ccc([C@@H]3CCCCN3)cc2)cc1. The molecule has 1 saturated heterocycles. The van der Waals surface area contributed by atoms with Gasteiger partial charge in [0.2, 0.25) is 0 Å². The zero-order valence-corrected chi connectivity index (χ0v) is 12.9. The molecule has 0 bridgehead atoms. The lowest BCUT2D eigenvalue weighted by atomic mass is 9.98. The van der Waals surface area contributed by atoms with E-state index in [1.807, 2.05) is 18.2 Å². The van der Waals surface area contributed by atoms with Crippen molar-refractivity contribution < 1.29 is 4.74 Å². The summed E-state index contributed by atoms with van der Waals surface area (Å²) in [5.41, 5.74) is 2.57. The molecule has 1 N–H and O–H groups in total. The Bertz CT molecular complexity index is 521. The van der Waals surface area contributed by atoms with Crippen molar-refractivity contribution in [2.75, 3.05) is 6.54 Å². The second kappa shape index (κ2) is 8.06. The lowest BCUT2D eigenvalue weighted by Crippen LogP contribution is -2.26. The van der Waals surface area contributed by atoms with E-state index in [9.17, 15) is 0 Å². The fraction of sp³-hybridized carbons (Fsp3) is 0.333. The molecular formula is C18H22ClNO. The summed E-state index contributed by atoms with van der Waals surface area (Å²) >= 11 is 0. The molecular weight excluding hydrogens is 282 g/mol. The van der Waals surface area contributed by atoms with E-state index >= 15 is 0 Å². The smallest absolute Gasteiger partial charge is 0.119 e. The molecule has 3 heteroatoms. The molecule has 0 aromatic heterocycles. The minimum absolute atomic E-state index is 0. The van der Waals surface area contributed by atoms with E-state index < -0.39 is 0 Å². The summed E-state index contributed by atoms with van der Waals surface area (Å²) < 4.78 is 5.81. The maximum Gasteiger partial charge on any atom is 0.119 e. The second-order valence-electron chi connectivity index (χ2n) is 5.35. The van der Waals surface area contributed by atoms with E-state index in [0.717, 1.165) is 12.3 Å². The van der Waals surface area contributed by atoms with Gasteiger partial charge in [-0.25, -0.2) is 0 Å². The first-order valence-corrected chi connectivity index (χ1v) is 7.42. The molecule has 3 rings (SSSR count). The highest BCUT2D eigenvalue weighted by Gasteiger charge is 2.14. The largest absolute Gasteiger partial charge is 0.489 e. The number of piperidine rings is 1. The van der Waals surface area contributed by atoms with Gasteiger partial charge < -0.3 is 10.1 Å². The molecule has 0 aliphatic carbocycles. The predicted molar refractivity (Wildman–Crippen MR) is 89.1 cm³/mol. The van der Waals surface area contributed by atoms with Gasteiger partial charge in [-0.3, -0.25) is 0 Å². The molecule has 2 aromatic rings. The Hall–Kier alpha value is -1.51. The average molecular weight is 304 g/mol. The minimum Gasteiger partial charge on any atom is -0.489 e. The maximum absolute atomic E-state index is 5.81. The van der Waals surface area contributed by atoms with E-state index in [0.29, 0.717) is 12.6 Å². The lowest BCUT2D eigenvalue weighted by molar-refractivity contribution is 0.306.